The van der Waals surface area contributed by atoms with Crippen molar-refractivity contribution >= 4 is 63.2 Å². The summed E-state index contributed by atoms with van der Waals surface area (Å²) in [6, 6.07) is 10.5. The molecule has 7 rings (SSSR count). The quantitative estimate of drug-likeness (QED) is 0.144. The summed E-state index contributed by atoms with van der Waals surface area (Å²) in [4.78, 5) is 59.1. The Bertz CT molecular complexity index is 2250. The number of imide groups is 1. The lowest BCUT2D eigenvalue weighted by Crippen LogP contribution is -2.58. The SMILES string of the molecule is C[C@@H]1CN(CCCO[C@H]2CC[C@H](N3C(=S)N(c4ccc(C#N)c(C(F)(F)F)c4)C(=O)C3(C)C)CC2)C[C@H](C)N1CC(=O)Nc1cccc2c(C3CCC(=O)NC3=O)nn(C)c12. The van der Waals surface area contributed by atoms with E-state index < -0.39 is 34.7 Å². The zero-order valence-electron chi connectivity index (χ0n) is 35.1. The Balaban J connectivity index is 0.861. The number of carbonyl (C=O) groups is 4. The zero-order chi connectivity index (χ0) is 44.0. The second-order valence-corrected chi connectivity index (χ2v) is 17.6. The number of nitrogens with one attached hydrogen (secondary N) is 2. The molecule has 0 spiro atoms. The summed E-state index contributed by atoms with van der Waals surface area (Å²) >= 11 is 5.75. The molecule has 0 radical (unpaired) electrons. The summed E-state index contributed by atoms with van der Waals surface area (Å²) < 4.78 is 49.3. The van der Waals surface area contributed by atoms with Crippen LogP contribution < -0.4 is 15.5 Å². The number of amides is 4. The first-order valence-corrected chi connectivity index (χ1v) is 21.3. The molecule has 3 saturated heterocycles. The number of thiocarbonyl (C=S) groups is 1. The van der Waals surface area contributed by atoms with Crippen LogP contribution in [-0.2, 0) is 37.1 Å². The number of alkyl halides is 3. The molecule has 4 aliphatic rings. The number of para-hydroxylation sites is 1. The Morgan fingerprint density at radius 3 is 2.43 bits per heavy atom. The molecule has 1 saturated carbocycles. The zero-order valence-corrected chi connectivity index (χ0v) is 35.9. The van der Waals surface area contributed by atoms with Crippen molar-refractivity contribution in [3.63, 3.8) is 0 Å². The highest BCUT2D eigenvalue weighted by atomic mass is 32.1. The average molecular weight is 864 g/mol. The number of halogens is 3. The van der Waals surface area contributed by atoms with Gasteiger partial charge in [0.1, 0.15) is 5.54 Å². The highest BCUT2D eigenvalue weighted by Gasteiger charge is 2.52. The predicted molar refractivity (Wildman–Crippen MR) is 225 cm³/mol. The van der Waals surface area contributed by atoms with E-state index in [9.17, 15) is 37.6 Å². The Kier molecular flexibility index (Phi) is 12.6. The van der Waals surface area contributed by atoms with E-state index in [0.29, 0.717) is 42.8 Å². The van der Waals surface area contributed by atoms with Gasteiger partial charge in [0.15, 0.2) is 5.11 Å². The van der Waals surface area contributed by atoms with Gasteiger partial charge >= 0.3 is 6.18 Å². The van der Waals surface area contributed by atoms with Gasteiger partial charge in [-0.15, -0.1) is 0 Å². The van der Waals surface area contributed by atoms with Gasteiger partial charge in [-0.05, 0) is 103 Å². The Hall–Kier alpha value is -4.96. The average Bonchev–Trinajstić information content (AvgIpc) is 3.62. The number of hydrogen-bond acceptors (Lipinski definition) is 10. The molecule has 14 nitrogen and oxygen atoms in total. The highest BCUT2D eigenvalue weighted by Crippen LogP contribution is 2.41. The number of nitriles is 1. The molecule has 1 aromatic heterocycles. The van der Waals surface area contributed by atoms with Crippen LogP contribution >= 0.6 is 12.2 Å². The van der Waals surface area contributed by atoms with Crippen LogP contribution in [0.25, 0.3) is 10.9 Å². The minimum atomic E-state index is -4.76. The lowest BCUT2D eigenvalue weighted by molar-refractivity contribution is -0.138. The van der Waals surface area contributed by atoms with Gasteiger partial charge in [0.25, 0.3) is 5.91 Å². The van der Waals surface area contributed by atoms with E-state index in [0.717, 1.165) is 61.3 Å². The van der Waals surface area contributed by atoms with Crippen molar-refractivity contribution in [2.45, 2.75) is 115 Å². The van der Waals surface area contributed by atoms with Crippen LogP contribution in [0, 0.1) is 11.3 Å². The van der Waals surface area contributed by atoms with Crippen LogP contribution in [0.5, 0.6) is 0 Å². The fourth-order valence-corrected chi connectivity index (χ4v) is 10.2. The number of aryl methyl sites for hydroxylation is 1. The molecule has 1 aliphatic carbocycles. The number of carbonyl (C=O) groups excluding carboxylic acids is 4. The minimum absolute atomic E-state index is 0.0101. The lowest BCUT2D eigenvalue weighted by atomic mass is 9.89. The molecule has 4 heterocycles. The maximum atomic E-state index is 13.8. The second kappa shape index (κ2) is 17.4. The first-order chi connectivity index (χ1) is 28.9. The molecule has 4 amide bonds. The van der Waals surface area contributed by atoms with Crippen LogP contribution in [0.1, 0.15) is 95.4 Å². The molecule has 1 unspecified atom stereocenters. The van der Waals surface area contributed by atoms with Crippen LogP contribution in [0.2, 0.25) is 0 Å². The highest BCUT2D eigenvalue weighted by molar-refractivity contribution is 7.80. The molecule has 326 valence electrons. The van der Waals surface area contributed by atoms with E-state index >= 15 is 0 Å². The normalized spacial score (nSPS) is 25.3. The van der Waals surface area contributed by atoms with Crippen molar-refractivity contribution in [3.8, 4) is 6.07 Å². The third-order valence-corrected chi connectivity index (χ3v) is 13.0. The van der Waals surface area contributed by atoms with Crippen LogP contribution in [-0.4, -0.2) is 116 Å². The minimum Gasteiger partial charge on any atom is -0.378 e. The first kappa shape index (κ1) is 44.1. The monoisotopic (exact) mass is 863 g/mol. The molecular formula is C43H52F3N9O5S. The Morgan fingerprint density at radius 1 is 1.07 bits per heavy atom. The number of ether oxygens (including phenoxy) is 1. The molecule has 3 aromatic rings. The van der Waals surface area contributed by atoms with E-state index in [1.54, 1.807) is 31.6 Å². The summed E-state index contributed by atoms with van der Waals surface area (Å²) in [5.74, 6) is -1.74. The molecule has 3 atom stereocenters. The molecule has 2 N–H and O–H groups in total. The van der Waals surface area contributed by atoms with Crippen molar-refractivity contribution in [2.24, 2.45) is 7.05 Å². The summed E-state index contributed by atoms with van der Waals surface area (Å²) in [5, 5.41) is 20.3. The number of fused-ring (bicyclic) bond motifs is 1. The number of aromatic nitrogens is 2. The van der Waals surface area contributed by atoms with E-state index in [-0.39, 0.29) is 65.7 Å². The van der Waals surface area contributed by atoms with Crippen molar-refractivity contribution in [3.05, 3.63) is 53.2 Å². The summed E-state index contributed by atoms with van der Waals surface area (Å²) in [7, 11) is 1.78. The van der Waals surface area contributed by atoms with Crippen molar-refractivity contribution in [2.75, 3.05) is 43.0 Å². The summed E-state index contributed by atoms with van der Waals surface area (Å²) in [6.07, 6.45) is -0.306. The number of piperidine rings is 1. The van der Waals surface area contributed by atoms with E-state index in [1.807, 2.05) is 23.1 Å². The molecule has 0 bridgehead atoms. The Morgan fingerprint density at radius 2 is 1.77 bits per heavy atom. The first-order valence-electron chi connectivity index (χ1n) is 20.9. The smallest absolute Gasteiger partial charge is 0.378 e. The molecule has 3 aliphatic heterocycles. The van der Waals surface area contributed by atoms with Gasteiger partial charge in [0.2, 0.25) is 17.7 Å². The van der Waals surface area contributed by atoms with Crippen LogP contribution in [0.15, 0.2) is 36.4 Å². The largest absolute Gasteiger partial charge is 0.417 e. The van der Waals surface area contributed by atoms with Crippen molar-refractivity contribution in [1.82, 2.24) is 29.8 Å². The Labute approximate surface area is 358 Å². The lowest BCUT2D eigenvalue weighted by Gasteiger charge is -2.44. The molecule has 61 heavy (non-hydrogen) atoms. The summed E-state index contributed by atoms with van der Waals surface area (Å²) in [6.45, 7) is 11.0. The number of hydrogen-bond donors (Lipinski definition) is 2. The maximum Gasteiger partial charge on any atom is 0.417 e. The van der Waals surface area contributed by atoms with Crippen LogP contribution in [0.3, 0.4) is 0 Å². The van der Waals surface area contributed by atoms with Gasteiger partial charge in [0, 0.05) is 63.2 Å². The van der Waals surface area contributed by atoms with Gasteiger partial charge < -0.3 is 19.9 Å². The van der Waals surface area contributed by atoms with Gasteiger partial charge in [-0.2, -0.15) is 23.5 Å². The third kappa shape index (κ3) is 8.88. The van der Waals surface area contributed by atoms with Crippen molar-refractivity contribution in [1.29, 1.82) is 5.26 Å². The standard InChI is InChI=1S/C43H52F3N9O5S/c1-25-22-52(23-26(2)53(25)24-36(57)48-34-9-6-8-31-37(50-51(5)38(31)34)32-16-17-35(56)49-39(32)58)18-7-19-60-30-14-12-28(13-15-30)55-41(61)54(40(59)42(55,3)4)29-11-10-27(21-47)33(20-29)43(44,45)46/h6,8-11,20,25-26,28,30,32H,7,12-19,22-24H2,1-5H3,(H,48,57)(H,49,56,58)/t25-,26+,28-,30-,32?. The molecular weight excluding hydrogens is 812 g/mol. The maximum absolute atomic E-state index is 13.8. The fraction of sp³-hybridized carbons (Fsp3) is 0.558. The van der Waals surface area contributed by atoms with Crippen molar-refractivity contribution < 1.29 is 37.1 Å². The number of rotatable bonds is 11. The van der Waals surface area contributed by atoms with Gasteiger partial charge in [-0.3, -0.25) is 39.0 Å². The topological polar surface area (TPSA) is 156 Å². The second-order valence-electron chi connectivity index (χ2n) is 17.2. The number of benzene rings is 2. The molecule has 18 heteroatoms. The van der Waals surface area contributed by atoms with E-state index in [4.69, 9.17) is 17.0 Å². The van der Waals surface area contributed by atoms with Crippen LogP contribution in [0.4, 0.5) is 24.5 Å². The number of nitrogens with zero attached hydrogens (tertiary/aromatic N) is 7. The third-order valence-electron chi connectivity index (χ3n) is 12.6. The van der Waals surface area contributed by atoms with Gasteiger partial charge in [-0.1, -0.05) is 12.1 Å². The van der Waals surface area contributed by atoms with Gasteiger partial charge in [-0.25, -0.2) is 0 Å². The molecule has 2 aromatic carbocycles. The molecule has 4 fully saturated rings. The number of anilines is 2. The number of piperazine rings is 1. The predicted octanol–water partition coefficient (Wildman–Crippen LogP) is 5.45. The van der Waals surface area contributed by atoms with E-state index in [2.05, 4.69) is 39.4 Å². The van der Waals surface area contributed by atoms with Gasteiger partial charge in [0.05, 0.1) is 58.3 Å². The van der Waals surface area contributed by atoms with E-state index in [1.165, 1.54) is 6.07 Å². The summed E-state index contributed by atoms with van der Waals surface area (Å²) in [5.41, 5.74) is -0.782. The fourth-order valence-electron chi connectivity index (χ4n) is 9.66.